The maximum absolute atomic E-state index is 13.4. The van der Waals surface area contributed by atoms with Gasteiger partial charge in [-0.05, 0) is 55.2 Å². The van der Waals surface area contributed by atoms with Gasteiger partial charge in [0.2, 0.25) is 0 Å². The predicted molar refractivity (Wildman–Crippen MR) is 162 cm³/mol. The van der Waals surface area contributed by atoms with Crippen LogP contribution in [0.1, 0.15) is 52.9 Å². The molecule has 0 radical (unpaired) electrons. The summed E-state index contributed by atoms with van der Waals surface area (Å²) in [7, 11) is 1.71. The molecule has 1 aromatic heterocycles. The van der Waals surface area contributed by atoms with Gasteiger partial charge in [0.15, 0.2) is 0 Å². The molecule has 6 rings (SSSR count). The standard InChI is InChI=1S/C34H31N5O3/c1-22(24-7-4-3-5-8-24)25-15-17-38(18-16-25)33(41)32(40)29-20-36-31-27(29)9-6-10-28(31)30-21-39(30)34(42)37(2)26-13-11-23(19-35)12-14-26/h3-14,20,30,36H,15-18,21H2,1-2H3. The number of carbonyl (C=O) groups is 3. The molecule has 42 heavy (non-hydrogen) atoms. The molecule has 8 heteroatoms. The van der Waals surface area contributed by atoms with Crippen molar-refractivity contribution in [3.63, 3.8) is 0 Å². The number of benzene rings is 3. The minimum atomic E-state index is -0.519. The summed E-state index contributed by atoms with van der Waals surface area (Å²) in [5, 5.41) is 9.72. The van der Waals surface area contributed by atoms with Crippen LogP contribution in [0.25, 0.3) is 16.5 Å². The number of allylic oxidation sites excluding steroid dienone is 1. The number of hydrogen-bond acceptors (Lipinski definition) is 4. The van der Waals surface area contributed by atoms with Gasteiger partial charge in [-0.3, -0.25) is 14.5 Å². The third-order valence-electron chi connectivity index (χ3n) is 8.47. The number of anilines is 1. The molecule has 1 atom stereocenters. The zero-order chi connectivity index (χ0) is 29.4. The summed E-state index contributed by atoms with van der Waals surface area (Å²) in [6.07, 6.45) is 3.11. The van der Waals surface area contributed by atoms with Crippen LogP contribution in [0.3, 0.4) is 0 Å². The van der Waals surface area contributed by atoms with E-state index in [0.717, 1.165) is 23.9 Å². The van der Waals surface area contributed by atoms with Crippen molar-refractivity contribution in [2.45, 2.75) is 25.8 Å². The largest absolute Gasteiger partial charge is 0.360 e. The zero-order valence-corrected chi connectivity index (χ0v) is 23.6. The Hall–Kier alpha value is -5.16. The van der Waals surface area contributed by atoms with E-state index in [-0.39, 0.29) is 12.1 Å². The highest BCUT2D eigenvalue weighted by atomic mass is 16.2. The van der Waals surface area contributed by atoms with Crippen LogP contribution in [-0.2, 0) is 4.79 Å². The van der Waals surface area contributed by atoms with E-state index in [1.807, 2.05) is 36.4 Å². The normalized spacial score (nSPS) is 16.2. The number of nitrogens with one attached hydrogen (secondary N) is 1. The highest BCUT2D eigenvalue weighted by molar-refractivity contribution is 6.45. The lowest BCUT2D eigenvalue weighted by molar-refractivity contribution is -0.126. The quantitative estimate of drug-likeness (QED) is 0.187. The molecule has 210 valence electrons. The number of hydrogen-bond donors (Lipinski definition) is 1. The van der Waals surface area contributed by atoms with Crippen LogP contribution in [0.5, 0.6) is 0 Å². The van der Waals surface area contributed by atoms with E-state index in [2.05, 4.69) is 30.1 Å². The number of likely N-dealkylation sites (tertiary alicyclic amines) is 1. The summed E-state index contributed by atoms with van der Waals surface area (Å²) in [4.78, 5) is 48.0. The molecule has 1 N–H and O–H groups in total. The van der Waals surface area contributed by atoms with Crippen LogP contribution in [0, 0.1) is 11.3 Å². The van der Waals surface area contributed by atoms with E-state index in [4.69, 9.17) is 5.26 Å². The van der Waals surface area contributed by atoms with Crippen LogP contribution < -0.4 is 4.90 Å². The van der Waals surface area contributed by atoms with E-state index in [1.54, 1.807) is 52.2 Å². The van der Waals surface area contributed by atoms with E-state index < -0.39 is 11.7 Å². The first-order chi connectivity index (χ1) is 20.4. The highest BCUT2D eigenvalue weighted by Gasteiger charge is 2.42. The maximum atomic E-state index is 13.4. The Kier molecular flexibility index (Phi) is 7.09. The van der Waals surface area contributed by atoms with Crippen molar-refractivity contribution in [1.82, 2.24) is 14.8 Å². The SMILES string of the molecule is CC(=C1CCN(C(=O)C(=O)c2c[nH]c3c(C4CN4C(=O)N(C)c4ccc(C#N)cc4)cccc23)CC1)c1ccccc1. The molecule has 1 unspecified atom stereocenters. The molecule has 0 saturated carbocycles. The second-order valence-electron chi connectivity index (χ2n) is 10.9. The van der Waals surface area contributed by atoms with Gasteiger partial charge in [-0.15, -0.1) is 0 Å². The summed E-state index contributed by atoms with van der Waals surface area (Å²) in [5.74, 6) is -1.00. The molecule has 0 aliphatic carbocycles. The zero-order valence-electron chi connectivity index (χ0n) is 23.6. The van der Waals surface area contributed by atoms with Crippen LogP contribution in [0.15, 0.2) is 84.6 Å². The van der Waals surface area contributed by atoms with Gasteiger partial charge in [-0.2, -0.15) is 5.26 Å². The summed E-state index contributed by atoms with van der Waals surface area (Å²) in [6.45, 7) is 3.70. The summed E-state index contributed by atoms with van der Waals surface area (Å²) in [5.41, 5.74) is 7.01. The average Bonchev–Trinajstić information content (AvgIpc) is 3.73. The molecule has 3 amide bonds. The maximum Gasteiger partial charge on any atom is 0.324 e. The number of urea groups is 1. The Morgan fingerprint density at radius 3 is 2.36 bits per heavy atom. The molecule has 0 bridgehead atoms. The summed E-state index contributed by atoms with van der Waals surface area (Å²) >= 11 is 0. The minimum Gasteiger partial charge on any atom is -0.360 e. The average molecular weight is 558 g/mol. The van der Waals surface area contributed by atoms with Gasteiger partial charge in [0.05, 0.1) is 28.8 Å². The fourth-order valence-corrected chi connectivity index (χ4v) is 5.83. The summed E-state index contributed by atoms with van der Waals surface area (Å²) < 4.78 is 0. The predicted octanol–water partition coefficient (Wildman–Crippen LogP) is 5.93. The van der Waals surface area contributed by atoms with Crippen LogP contribution >= 0.6 is 0 Å². The Bertz CT molecular complexity index is 1750. The van der Waals surface area contributed by atoms with Crippen molar-refractivity contribution in [2.24, 2.45) is 0 Å². The van der Waals surface area contributed by atoms with E-state index in [9.17, 15) is 14.4 Å². The van der Waals surface area contributed by atoms with Crippen LogP contribution in [0.4, 0.5) is 10.5 Å². The number of para-hydroxylation sites is 1. The van der Waals surface area contributed by atoms with Crippen molar-refractivity contribution in [2.75, 3.05) is 31.6 Å². The summed E-state index contributed by atoms with van der Waals surface area (Å²) in [6, 6.07) is 24.6. The van der Waals surface area contributed by atoms with Crippen LogP contribution in [-0.4, -0.2) is 59.2 Å². The first-order valence-corrected chi connectivity index (χ1v) is 14.1. The molecule has 8 nitrogen and oxygen atoms in total. The fourth-order valence-electron chi connectivity index (χ4n) is 5.83. The van der Waals surface area contributed by atoms with E-state index in [1.165, 1.54) is 16.7 Å². The highest BCUT2D eigenvalue weighted by Crippen LogP contribution is 2.40. The van der Waals surface area contributed by atoms with Gasteiger partial charge in [0.1, 0.15) is 0 Å². The van der Waals surface area contributed by atoms with Crippen molar-refractivity contribution >= 4 is 39.9 Å². The number of ketones is 1. The minimum absolute atomic E-state index is 0.139. The third-order valence-corrected chi connectivity index (χ3v) is 8.47. The number of carbonyl (C=O) groups excluding carboxylic acids is 3. The molecule has 2 saturated heterocycles. The molecular weight excluding hydrogens is 526 g/mol. The van der Waals surface area contributed by atoms with Crippen molar-refractivity contribution in [3.8, 4) is 6.07 Å². The van der Waals surface area contributed by atoms with E-state index >= 15 is 0 Å². The topological polar surface area (TPSA) is 100 Å². The third kappa shape index (κ3) is 4.94. The molecule has 0 spiro atoms. The lowest BCUT2D eigenvalue weighted by atomic mass is 9.94. The number of aromatic nitrogens is 1. The van der Waals surface area contributed by atoms with Crippen molar-refractivity contribution in [3.05, 3.63) is 107 Å². The number of piperidine rings is 1. The number of rotatable bonds is 5. The molecule has 3 heterocycles. The van der Waals surface area contributed by atoms with Crippen molar-refractivity contribution < 1.29 is 14.4 Å². The van der Waals surface area contributed by atoms with Gasteiger partial charge in [0.25, 0.3) is 11.7 Å². The lowest BCUT2D eigenvalue weighted by Crippen LogP contribution is -2.40. The second kappa shape index (κ2) is 11.0. The number of aromatic amines is 1. The molecule has 3 aromatic carbocycles. The smallest absolute Gasteiger partial charge is 0.324 e. The van der Waals surface area contributed by atoms with E-state index in [0.29, 0.717) is 41.8 Å². The number of amides is 3. The molecular formula is C34H31N5O3. The Morgan fingerprint density at radius 1 is 0.952 bits per heavy atom. The van der Waals surface area contributed by atoms with Gasteiger partial charge >= 0.3 is 6.03 Å². The van der Waals surface area contributed by atoms with Crippen molar-refractivity contribution in [1.29, 1.82) is 5.26 Å². The first-order valence-electron chi connectivity index (χ1n) is 14.1. The first kappa shape index (κ1) is 27.0. The molecule has 2 fully saturated rings. The fraction of sp³-hybridized carbons (Fsp3) is 0.235. The van der Waals surface area contributed by atoms with Crippen LogP contribution in [0.2, 0.25) is 0 Å². The Labute approximate surface area is 244 Å². The Balaban J connectivity index is 1.14. The monoisotopic (exact) mass is 557 g/mol. The van der Waals surface area contributed by atoms with Gasteiger partial charge in [-0.25, -0.2) is 4.79 Å². The number of Topliss-reactive ketones (excluding diaryl/α,β-unsaturated/α-hetero) is 1. The number of nitriles is 1. The van der Waals surface area contributed by atoms with Gasteiger partial charge < -0.3 is 14.8 Å². The van der Waals surface area contributed by atoms with Gasteiger partial charge in [0, 0.05) is 49.5 Å². The number of fused-ring (bicyclic) bond motifs is 1. The van der Waals surface area contributed by atoms with Gasteiger partial charge in [-0.1, -0.05) is 54.1 Å². The number of nitrogens with zero attached hydrogens (tertiary/aromatic N) is 4. The second-order valence-corrected chi connectivity index (χ2v) is 10.9. The Morgan fingerprint density at radius 2 is 1.67 bits per heavy atom. The molecule has 2 aliphatic rings. The lowest BCUT2D eigenvalue weighted by Gasteiger charge is -2.29. The molecule has 2 aliphatic heterocycles. The molecule has 4 aromatic rings. The number of H-pyrrole nitrogens is 1.